The minimum atomic E-state index is -1.11. The number of carboxylic acids is 1. The molecule has 2 rings (SSSR count). The van der Waals surface area contributed by atoms with E-state index in [4.69, 9.17) is 0 Å². The van der Waals surface area contributed by atoms with Gasteiger partial charge in [0.05, 0.1) is 0 Å². The van der Waals surface area contributed by atoms with Gasteiger partial charge in [0.15, 0.2) is 0 Å². The summed E-state index contributed by atoms with van der Waals surface area (Å²) in [6.45, 7) is 5.70. The number of aromatic nitrogens is 1. The SMILES string of the molecule is CCc1c(C)c(C)c(C(=O)O)c(=O)n1C1CCCCC1. The van der Waals surface area contributed by atoms with Crippen LogP contribution in [0.15, 0.2) is 4.79 Å². The van der Waals surface area contributed by atoms with Crippen molar-refractivity contribution in [2.24, 2.45) is 0 Å². The Balaban J connectivity index is 2.70. The van der Waals surface area contributed by atoms with Crippen LogP contribution in [0.3, 0.4) is 0 Å². The van der Waals surface area contributed by atoms with E-state index in [9.17, 15) is 14.7 Å². The fourth-order valence-corrected chi connectivity index (χ4v) is 3.40. The van der Waals surface area contributed by atoms with Gasteiger partial charge in [0.1, 0.15) is 5.56 Å². The second-order valence-electron chi connectivity index (χ2n) is 5.70. The number of rotatable bonds is 3. The first-order chi connectivity index (χ1) is 9.49. The highest BCUT2D eigenvalue weighted by molar-refractivity contribution is 5.89. The molecule has 1 aliphatic rings. The zero-order chi connectivity index (χ0) is 14.9. The number of carboxylic acid groups (broad SMARTS) is 1. The lowest BCUT2D eigenvalue weighted by Gasteiger charge is -2.28. The molecule has 0 unspecified atom stereocenters. The average Bonchev–Trinajstić information content (AvgIpc) is 2.43. The molecule has 1 fully saturated rings. The van der Waals surface area contributed by atoms with E-state index in [1.54, 1.807) is 11.5 Å². The fourth-order valence-electron chi connectivity index (χ4n) is 3.40. The molecule has 110 valence electrons. The molecule has 0 bridgehead atoms. The normalized spacial score (nSPS) is 16.4. The van der Waals surface area contributed by atoms with Gasteiger partial charge in [0, 0.05) is 11.7 Å². The highest BCUT2D eigenvalue weighted by Gasteiger charge is 2.25. The van der Waals surface area contributed by atoms with Gasteiger partial charge < -0.3 is 9.67 Å². The van der Waals surface area contributed by atoms with Crippen LogP contribution in [-0.2, 0) is 6.42 Å². The summed E-state index contributed by atoms with van der Waals surface area (Å²) >= 11 is 0. The molecule has 1 aromatic heterocycles. The van der Waals surface area contributed by atoms with Crippen LogP contribution in [-0.4, -0.2) is 15.6 Å². The molecule has 0 aromatic carbocycles. The van der Waals surface area contributed by atoms with Crippen LogP contribution in [0.5, 0.6) is 0 Å². The topological polar surface area (TPSA) is 59.3 Å². The summed E-state index contributed by atoms with van der Waals surface area (Å²) in [5, 5.41) is 9.34. The molecule has 1 aliphatic carbocycles. The zero-order valence-electron chi connectivity index (χ0n) is 12.5. The number of hydrogen-bond donors (Lipinski definition) is 1. The third kappa shape index (κ3) is 2.39. The Bertz CT molecular complexity index is 580. The maximum atomic E-state index is 12.6. The maximum Gasteiger partial charge on any atom is 0.341 e. The molecule has 0 saturated heterocycles. The molecule has 20 heavy (non-hydrogen) atoms. The van der Waals surface area contributed by atoms with Crippen molar-refractivity contribution in [1.29, 1.82) is 0 Å². The van der Waals surface area contributed by atoms with Gasteiger partial charge in [-0.25, -0.2) is 4.79 Å². The van der Waals surface area contributed by atoms with E-state index in [1.165, 1.54) is 6.42 Å². The number of nitrogens with zero attached hydrogens (tertiary/aromatic N) is 1. The van der Waals surface area contributed by atoms with Crippen LogP contribution in [0, 0.1) is 13.8 Å². The van der Waals surface area contributed by atoms with Crippen LogP contribution >= 0.6 is 0 Å². The van der Waals surface area contributed by atoms with Crippen molar-refractivity contribution < 1.29 is 9.90 Å². The van der Waals surface area contributed by atoms with E-state index in [-0.39, 0.29) is 17.2 Å². The highest BCUT2D eigenvalue weighted by Crippen LogP contribution is 2.30. The highest BCUT2D eigenvalue weighted by atomic mass is 16.4. The van der Waals surface area contributed by atoms with Crippen LogP contribution in [0.25, 0.3) is 0 Å². The smallest absolute Gasteiger partial charge is 0.341 e. The number of pyridine rings is 1. The number of carbonyl (C=O) groups is 1. The van der Waals surface area contributed by atoms with Crippen molar-refractivity contribution in [3.8, 4) is 0 Å². The summed E-state index contributed by atoms with van der Waals surface area (Å²) in [6.07, 6.45) is 6.18. The molecule has 1 N–H and O–H groups in total. The average molecular weight is 277 g/mol. The Morgan fingerprint density at radius 1 is 1.20 bits per heavy atom. The lowest BCUT2D eigenvalue weighted by atomic mass is 9.93. The second kappa shape index (κ2) is 5.81. The monoisotopic (exact) mass is 277 g/mol. The minimum Gasteiger partial charge on any atom is -0.477 e. The van der Waals surface area contributed by atoms with Crippen molar-refractivity contribution in [3.63, 3.8) is 0 Å². The summed E-state index contributed by atoms with van der Waals surface area (Å²) < 4.78 is 1.78. The lowest BCUT2D eigenvalue weighted by molar-refractivity contribution is 0.0692. The van der Waals surface area contributed by atoms with E-state index < -0.39 is 5.97 Å². The van der Waals surface area contributed by atoms with Crippen molar-refractivity contribution in [1.82, 2.24) is 4.57 Å². The summed E-state index contributed by atoms with van der Waals surface area (Å²) in [5.41, 5.74) is 2.21. The zero-order valence-corrected chi connectivity index (χ0v) is 12.5. The summed E-state index contributed by atoms with van der Waals surface area (Å²) in [4.78, 5) is 24.1. The lowest BCUT2D eigenvalue weighted by Crippen LogP contribution is -2.35. The molecule has 4 nitrogen and oxygen atoms in total. The van der Waals surface area contributed by atoms with Crippen molar-refractivity contribution in [2.75, 3.05) is 0 Å². The van der Waals surface area contributed by atoms with Crippen LogP contribution in [0.1, 0.15) is 72.2 Å². The summed E-state index contributed by atoms with van der Waals surface area (Å²) in [5.74, 6) is -1.11. The Morgan fingerprint density at radius 2 is 1.80 bits per heavy atom. The first kappa shape index (κ1) is 14.8. The van der Waals surface area contributed by atoms with Gasteiger partial charge in [-0.2, -0.15) is 0 Å². The second-order valence-corrected chi connectivity index (χ2v) is 5.70. The molecule has 0 aliphatic heterocycles. The van der Waals surface area contributed by atoms with Crippen LogP contribution in [0.2, 0.25) is 0 Å². The Labute approximate surface area is 119 Å². The van der Waals surface area contributed by atoms with Gasteiger partial charge in [0.25, 0.3) is 5.56 Å². The molecule has 0 spiro atoms. The largest absolute Gasteiger partial charge is 0.477 e. The maximum absolute atomic E-state index is 12.6. The molecule has 0 atom stereocenters. The van der Waals surface area contributed by atoms with Crippen LogP contribution < -0.4 is 5.56 Å². The van der Waals surface area contributed by atoms with Crippen molar-refractivity contribution in [2.45, 2.75) is 65.3 Å². The predicted octanol–water partition coefficient (Wildman–Crippen LogP) is 3.23. The Morgan fingerprint density at radius 3 is 2.30 bits per heavy atom. The van der Waals surface area contributed by atoms with Gasteiger partial charge in [0.2, 0.25) is 0 Å². The van der Waals surface area contributed by atoms with Gasteiger partial charge in [-0.1, -0.05) is 26.2 Å². The van der Waals surface area contributed by atoms with Gasteiger partial charge in [-0.3, -0.25) is 4.79 Å². The van der Waals surface area contributed by atoms with Crippen molar-refractivity contribution in [3.05, 3.63) is 32.7 Å². The fraction of sp³-hybridized carbons (Fsp3) is 0.625. The summed E-state index contributed by atoms with van der Waals surface area (Å²) in [6, 6.07) is 0.170. The molecule has 1 heterocycles. The number of hydrogen-bond acceptors (Lipinski definition) is 2. The van der Waals surface area contributed by atoms with Crippen molar-refractivity contribution >= 4 is 5.97 Å². The van der Waals surface area contributed by atoms with E-state index >= 15 is 0 Å². The van der Waals surface area contributed by atoms with E-state index in [0.29, 0.717) is 5.56 Å². The Kier molecular flexibility index (Phi) is 4.31. The molecular weight excluding hydrogens is 254 g/mol. The predicted molar refractivity (Wildman–Crippen MR) is 78.6 cm³/mol. The Hall–Kier alpha value is -1.58. The summed E-state index contributed by atoms with van der Waals surface area (Å²) in [7, 11) is 0. The molecule has 4 heteroatoms. The van der Waals surface area contributed by atoms with E-state index in [1.807, 2.05) is 13.8 Å². The molecule has 1 saturated carbocycles. The minimum absolute atomic E-state index is 0.0507. The van der Waals surface area contributed by atoms with Gasteiger partial charge in [-0.05, 0) is 44.2 Å². The third-order valence-electron chi connectivity index (χ3n) is 4.58. The molecule has 1 aromatic rings. The first-order valence-electron chi connectivity index (χ1n) is 7.46. The van der Waals surface area contributed by atoms with E-state index in [2.05, 4.69) is 0 Å². The first-order valence-corrected chi connectivity index (χ1v) is 7.46. The molecule has 0 amide bonds. The van der Waals surface area contributed by atoms with Crippen LogP contribution in [0.4, 0.5) is 0 Å². The number of aromatic carboxylic acids is 1. The quantitative estimate of drug-likeness (QED) is 0.922. The standard InChI is InChI=1S/C16H23NO3/c1-4-13-10(2)11(3)14(16(19)20)15(18)17(13)12-8-6-5-7-9-12/h12H,4-9H2,1-3H3,(H,19,20). The third-order valence-corrected chi connectivity index (χ3v) is 4.58. The molecule has 0 radical (unpaired) electrons. The van der Waals surface area contributed by atoms with Gasteiger partial charge >= 0.3 is 5.97 Å². The molecular formula is C16H23NO3. The van der Waals surface area contributed by atoms with E-state index in [0.717, 1.165) is 43.4 Å². The van der Waals surface area contributed by atoms with Gasteiger partial charge in [-0.15, -0.1) is 0 Å².